The first kappa shape index (κ1) is 71.0. The standard InChI is InChI=1S/C45H39N3O18.C12H15N3O6.C11H8O4/c49-28-4-1-22-13-37(55)34(10-25(22)7-28)40(58)64-19-31(52)16-46-43(61)47(17-32(53)20-65-41(59)35-11-26-8-29(50)5-2-23(26)14-38(35)56)45(63)48(44(46)62)18-33(54)21-66-42(60)36-12-27-9-30(51)6-3-24(27)15-39(36)57;16-10-13(1-7-4-19-7)11(17)15(3-9-6-21-9)12(18)14(10)2-8-5-20-8;12-8-2-1-6-5-10(13)9(11(14)15)4-7(6)3-8/h1-15,31-33,49-57H,16-21H2;7-9H,1-6H2;1-5,12-13H,(H,14,15). The molecule has 0 bridgehead atoms. The quantitative estimate of drug-likeness (QED) is 0.0254. The zero-order valence-electron chi connectivity index (χ0n) is 53.1. The molecular weight excluding hydrogens is 1350 g/mol. The molecule has 102 heavy (non-hydrogen) atoms. The summed E-state index contributed by atoms with van der Waals surface area (Å²) in [5.41, 5.74) is -7.29. The highest BCUT2D eigenvalue weighted by atomic mass is 16.6. The second kappa shape index (κ2) is 29.6. The molecule has 3 saturated heterocycles. The largest absolute Gasteiger partial charge is 0.508 e. The van der Waals surface area contributed by atoms with E-state index in [4.69, 9.17) is 33.5 Å². The smallest absolute Gasteiger partial charge is 0.342 e. The van der Waals surface area contributed by atoms with Crippen molar-refractivity contribution in [3.8, 4) is 46.0 Å². The van der Waals surface area contributed by atoms with E-state index in [-0.39, 0.29) is 88.9 Å². The third kappa shape index (κ3) is 16.5. The van der Waals surface area contributed by atoms with E-state index >= 15 is 0 Å². The number of hydrogen-bond donors (Lipinski definition) is 12. The predicted molar refractivity (Wildman–Crippen MR) is 353 cm³/mol. The van der Waals surface area contributed by atoms with Crippen LogP contribution in [0, 0.1) is 0 Å². The Labute approximate surface area is 569 Å². The van der Waals surface area contributed by atoms with Gasteiger partial charge in [0.05, 0.1) is 77.4 Å². The maximum absolute atomic E-state index is 13.7. The molecule has 0 amide bonds. The summed E-state index contributed by atoms with van der Waals surface area (Å²) >= 11 is 0. The number of hydrogen-bond acceptors (Lipinski definition) is 27. The lowest BCUT2D eigenvalue weighted by Crippen LogP contribution is -2.57. The molecule has 8 aromatic carbocycles. The molecule has 0 aliphatic carbocycles. The molecule has 10 aromatic rings. The zero-order chi connectivity index (χ0) is 73.1. The molecule has 34 heteroatoms. The minimum absolute atomic E-state index is 0.0597. The van der Waals surface area contributed by atoms with Crippen LogP contribution in [0.5, 0.6) is 46.0 Å². The number of aromatic hydroxyl groups is 8. The fraction of sp³-hybridized carbons (Fsp3) is 0.265. The van der Waals surface area contributed by atoms with Crippen molar-refractivity contribution in [2.24, 2.45) is 0 Å². The molecule has 34 nitrogen and oxygen atoms in total. The lowest BCUT2D eigenvalue weighted by atomic mass is 10.1. The van der Waals surface area contributed by atoms with Crippen molar-refractivity contribution in [2.75, 3.05) is 39.6 Å². The SMILES string of the molecule is O=C(O)c1cc2cc(O)ccc2cc1O.O=C(OCC(O)Cn1c(=O)n(CC(O)COC(=O)c2cc3cc(O)ccc3cc2O)c(=O)n(CC(O)COC(=O)c2cc3cc(O)ccc3cc2O)c1=O)c1cc2cc(O)ccc2cc1O.O=c1n(CC2CO2)c(=O)n(CC2CO2)c(=O)n1CC1CO1. The van der Waals surface area contributed by atoms with Crippen LogP contribution < -0.4 is 34.1 Å². The van der Waals surface area contributed by atoms with Gasteiger partial charge in [0.25, 0.3) is 0 Å². The highest BCUT2D eigenvalue weighted by Crippen LogP contribution is 2.32. The fourth-order valence-electron chi connectivity index (χ4n) is 10.7. The van der Waals surface area contributed by atoms with E-state index in [2.05, 4.69) is 0 Å². The van der Waals surface area contributed by atoms with Crippen LogP contribution in [0.2, 0.25) is 0 Å². The number of aliphatic hydroxyl groups is 3. The number of carbonyl (C=O) groups excluding carboxylic acids is 3. The first-order chi connectivity index (χ1) is 48.6. The van der Waals surface area contributed by atoms with Crippen LogP contribution in [0.1, 0.15) is 41.4 Å². The average Bonchev–Trinajstić information content (AvgIpc) is 1.30. The lowest BCUT2D eigenvalue weighted by molar-refractivity contribution is 0.0166. The van der Waals surface area contributed by atoms with E-state index in [0.717, 1.165) is 13.7 Å². The number of nitrogens with zero attached hydrogens (tertiary/aromatic N) is 6. The average molecular weight is 1410 g/mol. The lowest BCUT2D eigenvalue weighted by Gasteiger charge is -2.19. The molecule has 2 aromatic heterocycles. The number of rotatable bonds is 22. The van der Waals surface area contributed by atoms with Gasteiger partial charge in [-0.15, -0.1) is 0 Å². The van der Waals surface area contributed by atoms with E-state index in [9.17, 15) is 104 Å². The summed E-state index contributed by atoms with van der Waals surface area (Å²) < 4.78 is 34.8. The number of phenolic OH excluding ortho intramolecular Hbond substituents is 7. The van der Waals surface area contributed by atoms with Crippen LogP contribution >= 0.6 is 0 Å². The van der Waals surface area contributed by atoms with Crippen LogP contribution in [-0.2, 0) is 67.7 Å². The van der Waals surface area contributed by atoms with Gasteiger partial charge in [-0.3, -0.25) is 0 Å². The molecule has 3 aliphatic rings. The van der Waals surface area contributed by atoms with Crippen molar-refractivity contribution in [1.29, 1.82) is 0 Å². The number of aromatic nitrogens is 6. The molecule has 0 saturated carbocycles. The number of carboxylic acids is 1. The number of aromatic carboxylic acids is 1. The molecule has 0 spiro atoms. The Kier molecular flexibility index (Phi) is 20.6. The van der Waals surface area contributed by atoms with Crippen LogP contribution in [0.25, 0.3) is 43.1 Å². The number of benzene rings is 8. The van der Waals surface area contributed by atoms with E-state index in [1.54, 1.807) is 6.07 Å². The topological polar surface area (TPSA) is 508 Å². The van der Waals surface area contributed by atoms with Gasteiger partial charge in [0.1, 0.15) is 106 Å². The summed E-state index contributed by atoms with van der Waals surface area (Å²) in [6.07, 6.45) is -5.92. The molecule has 13 rings (SSSR count). The summed E-state index contributed by atoms with van der Waals surface area (Å²) in [6.45, 7) is -3.44. The van der Waals surface area contributed by atoms with Crippen molar-refractivity contribution in [3.63, 3.8) is 0 Å². The summed E-state index contributed by atoms with van der Waals surface area (Å²) in [6, 6.07) is 27.1. The number of phenols is 8. The fourth-order valence-corrected chi connectivity index (χ4v) is 10.7. The number of aliphatic hydroxyl groups excluding tert-OH is 3. The van der Waals surface area contributed by atoms with Gasteiger partial charge in [-0.25, -0.2) is 75.3 Å². The number of carbonyl (C=O) groups is 4. The van der Waals surface area contributed by atoms with Crippen molar-refractivity contribution < 1.29 is 109 Å². The minimum Gasteiger partial charge on any atom is -0.508 e. The Morgan fingerprint density at radius 1 is 0.343 bits per heavy atom. The van der Waals surface area contributed by atoms with E-state index < -0.39 is 133 Å². The Morgan fingerprint density at radius 3 is 0.804 bits per heavy atom. The highest BCUT2D eigenvalue weighted by Gasteiger charge is 2.33. The number of fused-ring (bicyclic) bond motifs is 4. The minimum atomic E-state index is -1.85. The maximum atomic E-state index is 13.7. The van der Waals surface area contributed by atoms with Gasteiger partial charge in [0.15, 0.2) is 0 Å². The van der Waals surface area contributed by atoms with Gasteiger partial charge in [-0.05, 0) is 140 Å². The van der Waals surface area contributed by atoms with Gasteiger partial charge in [0.2, 0.25) is 0 Å². The molecule has 0 radical (unpaired) electrons. The van der Waals surface area contributed by atoms with Crippen LogP contribution in [0.4, 0.5) is 0 Å². The molecule has 6 atom stereocenters. The van der Waals surface area contributed by atoms with Gasteiger partial charge in [-0.1, -0.05) is 24.3 Å². The monoisotopic (exact) mass is 1410 g/mol. The van der Waals surface area contributed by atoms with Crippen LogP contribution in [0.15, 0.2) is 150 Å². The summed E-state index contributed by atoms with van der Waals surface area (Å²) in [4.78, 5) is 128. The van der Waals surface area contributed by atoms with Gasteiger partial charge < -0.3 is 89.7 Å². The molecule has 3 fully saturated rings. The second-order valence-corrected chi connectivity index (χ2v) is 23.9. The number of epoxide rings is 3. The van der Waals surface area contributed by atoms with E-state index in [1.807, 2.05) is 0 Å². The van der Waals surface area contributed by atoms with Crippen LogP contribution in [-0.4, -0.2) is 189 Å². The summed E-state index contributed by atoms with van der Waals surface area (Å²) in [7, 11) is 0. The molecular formula is C68H62N6O28. The van der Waals surface area contributed by atoms with Gasteiger partial charge in [0, 0.05) is 0 Å². The third-order valence-electron chi connectivity index (χ3n) is 16.2. The van der Waals surface area contributed by atoms with Gasteiger partial charge >= 0.3 is 58.0 Å². The number of ether oxygens (including phenoxy) is 6. The highest BCUT2D eigenvalue weighted by molar-refractivity contribution is 6.01. The molecule has 5 heterocycles. The zero-order valence-corrected chi connectivity index (χ0v) is 53.1. The second-order valence-electron chi connectivity index (χ2n) is 23.9. The first-order valence-corrected chi connectivity index (χ1v) is 30.9. The number of carboxylic acid groups (broad SMARTS) is 1. The molecule has 6 unspecified atom stereocenters. The Balaban J connectivity index is 0.000000231. The number of esters is 3. The molecule has 12 N–H and O–H groups in total. The first-order valence-electron chi connectivity index (χ1n) is 30.9. The van der Waals surface area contributed by atoms with Crippen molar-refractivity contribution in [3.05, 3.63) is 206 Å². The summed E-state index contributed by atoms with van der Waals surface area (Å²) in [5.74, 6) is -6.75. The maximum Gasteiger partial charge on any atom is 0.342 e. The predicted octanol–water partition coefficient (Wildman–Crippen LogP) is 0.836. The van der Waals surface area contributed by atoms with Crippen molar-refractivity contribution in [1.82, 2.24) is 27.4 Å². The van der Waals surface area contributed by atoms with E-state index in [1.165, 1.54) is 115 Å². The van der Waals surface area contributed by atoms with E-state index in [0.29, 0.717) is 76.6 Å². The Bertz CT molecular complexity index is 4870. The third-order valence-corrected chi connectivity index (χ3v) is 16.2. The van der Waals surface area contributed by atoms with Crippen LogP contribution in [0.3, 0.4) is 0 Å². The normalized spacial score (nSPS) is 15.9. The molecule has 532 valence electrons. The Hall–Kier alpha value is -12.3. The summed E-state index contributed by atoms with van der Waals surface area (Å²) in [5, 5.41) is 125. The van der Waals surface area contributed by atoms with Gasteiger partial charge in [-0.2, -0.15) is 0 Å². The molecule has 3 aliphatic heterocycles. The van der Waals surface area contributed by atoms with Crippen molar-refractivity contribution in [2.45, 2.75) is 75.9 Å². The van der Waals surface area contributed by atoms with Crippen molar-refractivity contribution >= 4 is 67.0 Å². The Morgan fingerprint density at radius 2 is 0.569 bits per heavy atom.